The second-order valence-corrected chi connectivity index (χ2v) is 5.57. The largest absolute Gasteiger partial charge is 0.482 e. The van der Waals surface area contributed by atoms with E-state index >= 15 is 0 Å². The molecule has 1 aromatic carbocycles. The summed E-state index contributed by atoms with van der Waals surface area (Å²) in [5.74, 6) is -0.263. The molecule has 2 rings (SSSR count). The Balaban J connectivity index is 1.89. The third kappa shape index (κ3) is 5.57. The van der Waals surface area contributed by atoms with Crippen LogP contribution in [0.4, 0.5) is 5.69 Å². The lowest BCUT2D eigenvalue weighted by molar-refractivity contribution is -0.142. The SMILES string of the molecule is COC(=O)COc1cccc(NC(=O)CN2CCCCCC2=O)c1. The zero-order valence-electron chi connectivity index (χ0n) is 13.7. The van der Waals surface area contributed by atoms with Gasteiger partial charge in [0.25, 0.3) is 0 Å². The Kier molecular flexibility index (Phi) is 6.60. The maximum atomic E-state index is 12.1. The summed E-state index contributed by atoms with van der Waals surface area (Å²) in [6, 6.07) is 6.72. The van der Waals surface area contributed by atoms with Gasteiger partial charge in [-0.25, -0.2) is 4.79 Å². The van der Waals surface area contributed by atoms with Crippen LogP contribution in [0.3, 0.4) is 0 Å². The molecule has 1 aliphatic rings. The van der Waals surface area contributed by atoms with E-state index < -0.39 is 5.97 Å². The highest BCUT2D eigenvalue weighted by atomic mass is 16.6. The van der Waals surface area contributed by atoms with Crippen molar-refractivity contribution in [3.8, 4) is 5.75 Å². The molecule has 1 aromatic rings. The number of carbonyl (C=O) groups is 3. The van der Waals surface area contributed by atoms with Gasteiger partial charge in [0, 0.05) is 24.7 Å². The van der Waals surface area contributed by atoms with Crippen LogP contribution < -0.4 is 10.1 Å². The first-order valence-electron chi connectivity index (χ1n) is 7.96. The van der Waals surface area contributed by atoms with Crippen LogP contribution in [0.2, 0.25) is 0 Å². The summed E-state index contributed by atoms with van der Waals surface area (Å²) < 4.78 is 9.77. The molecule has 0 spiro atoms. The summed E-state index contributed by atoms with van der Waals surface area (Å²) in [5.41, 5.74) is 0.546. The monoisotopic (exact) mass is 334 g/mol. The molecule has 0 atom stereocenters. The maximum absolute atomic E-state index is 12.1. The van der Waals surface area contributed by atoms with Crippen LogP contribution in [0.5, 0.6) is 5.75 Å². The summed E-state index contributed by atoms with van der Waals surface area (Å²) >= 11 is 0. The van der Waals surface area contributed by atoms with Crippen molar-refractivity contribution < 1.29 is 23.9 Å². The molecule has 7 nitrogen and oxygen atoms in total. The van der Waals surface area contributed by atoms with Gasteiger partial charge < -0.3 is 19.7 Å². The average Bonchev–Trinajstić information content (AvgIpc) is 2.77. The second-order valence-electron chi connectivity index (χ2n) is 5.57. The molecule has 0 bridgehead atoms. The molecule has 130 valence electrons. The Morgan fingerprint density at radius 1 is 1.25 bits per heavy atom. The van der Waals surface area contributed by atoms with Crippen molar-refractivity contribution in [3.05, 3.63) is 24.3 Å². The highest BCUT2D eigenvalue weighted by Gasteiger charge is 2.19. The van der Waals surface area contributed by atoms with Gasteiger partial charge in [0.2, 0.25) is 11.8 Å². The molecule has 7 heteroatoms. The minimum absolute atomic E-state index is 0.0258. The number of hydrogen-bond acceptors (Lipinski definition) is 5. The number of nitrogens with one attached hydrogen (secondary N) is 1. The highest BCUT2D eigenvalue weighted by molar-refractivity contribution is 5.94. The number of ether oxygens (including phenoxy) is 2. The van der Waals surface area contributed by atoms with Gasteiger partial charge in [0.15, 0.2) is 6.61 Å². The van der Waals surface area contributed by atoms with E-state index in [0.717, 1.165) is 19.3 Å². The standard InChI is InChI=1S/C17H22N2O5/c1-23-17(22)12-24-14-7-5-6-13(10-14)18-15(20)11-19-9-4-2-3-8-16(19)21/h5-7,10H,2-4,8-9,11-12H2,1H3,(H,18,20). The molecule has 0 radical (unpaired) electrons. The van der Waals surface area contributed by atoms with Crippen LogP contribution in [0.25, 0.3) is 0 Å². The minimum Gasteiger partial charge on any atom is -0.482 e. The molecule has 0 aromatic heterocycles. The van der Waals surface area contributed by atoms with Crippen molar-refractivity contribution in [3.63, 3.8) is 0 Å². The number of methoxy groups -OCH3 is 1. The number of nitrogens with zero attached hydrogens (tertiary/aromatic N) is 1. The summed E-state index contributed by atoms with van der Waals surface area (Å²) in [5, 5.41) is 2.74. The summed E-state index contributed by atoms with van der Waals surface area (Å²) in [7, 11) is 1.28. The van der Waals surface area contributed by atoms with E-state index in [0.29, 0.717) is 24.4 Å². The molecule has 0 aliphatic carbocycles. The van der Waals surface area contributed by atoms with Crippen molar-refractivity contribution in [1.29, 1.82) is 0 Å². The molecular formula is C17H22N2O5. The molecule has 1 aliphatic heterocycles. The summed E-state index contributed by atoms with van der Waals surface area (Å²) in [6.45, 7) is 0.469. The number of carbonyl (C=O) groups excluding carboxylic acids is 3. The van der Waals surface area contributed by atoms with Crippen LogP contribution in [0.1, 0.15) is 25.7 Å². The zero-order valence-corrected chi connectivity index (χ0v) is 13.7. The van der Waals surface area contributed by atoms with E-state index in [4.69, 9.17) is 4.74 Å². The van der Waals surface area contributed by atoms with Gasteiger partial charge in [0.1, 0.15) is 5.75 Å². The van der Waals surface area contributed by atoms with E-state index in [1.807, 2.05) is 0 Å². The number of hydrogen-bond donors (Lipinski definition) is 1. The number of esters is 1. The first-order valence-corrected chi connectivity index (χ1v) is 7.96. The summed E-state index contributed by atoms with van der Waals surface area (Å²) in [4.78, 5) is 36.7. The Hall–Kier alpha value is -2.57. The third-order valence-electron chi connectivity index (χ3n) is 3.71. The Morgan fingerprint density at radius 2 is 2.08 bits per heavy atom. The lowest BCUT2D eigenvalue weighted by Crippen LogP contribution is -2.37. The predicted octanol–water partition coefficient (Wildman–Crippen LogP) is 1.58. The Labute approximate surface area is 140 Å². The summed E-state index contributed by atoms with van der Waals surface area (Å²) in [6.07, 6.45) is 3.33. The number of rotatable bonds is 6. The van der Waals surface area contributed by atoms with Gasteiger partial charge in [-0.05, 0) is 25.0 Å². The number of anilines is 1. The number of benzene rings is 1. The van der Waals surface area contributed by atoms with Gasteiger partial charge in [-0.1, -0.05) is 12.5 Å². The Bertz CT molecular complexity index is 602. The first-order chi connectivity index (χ1) is 11.6. The maximum Gasteiger partial charge on any atom is 0.343 e. The fourth-order valence-electron chi connectivity index (χ4n) is 2.44. The van der Waals surface area contributed by atoms with Crippen LogP contribution in [0, 0.1) is 0 Å². The van der Waals surface area contributed by atoms with E-state index in [1.54, 1.807) is 29.2 Å². The normalized spacial score (nSPS) is 14.7. The molecule has 0 unspecified atom stereocenters. The fraction of sp³-hybridized carbons (Fsp3) is 0.471. The van der Waals surface area contributed by atoms with E-state index in [9.17, 15) is 14.4 Å². The molecule has 1 fully saturated rings. The van der Waals surface area contributed by atoms with Crippen molar-refractivity contribution in [2.24, 2.45) is 0 Å². The number of amides is 2. The molecule has 2 amide bonds. The minimum atomic E-state index is -0.482. The van der Waals surface area contributed by atoms with Crippen molar-refractivity contribution >= 4 is 23.5 Å². The molecule has 0 saturated carbocycles. The van der Waals surface area contributed by atoms with Gasteiger partial charge in [-0.2, -0.15) is 0 Å². The van der Waals surface area contributed by atoms with Crippen molar-refractivity contribution in [2.75, 3.05) is 32.1 Å². The van der Waals surface area contributed by atoms with Crippen LogP contribution in [0.15, 0.2) is 24.3 Å². The lowest BCUT2D eigenvalue weighted by atomic mass is 10.2. The molecular weight excluding hydrogens is 312 g/mol. The average molecular weight is 334 g/mol. The van der Waals surface area contributed by atoms with Gasteiger partial charge >= 0.3 is 5.97 Å². The molecule has 1 heterocycles. The first kappa shape index (κ1) is 17.8. The molecule has 1 saturated heterocycles. The van der Waals surface area contributed by atoms with E-state index in [-0.39, 0.29) is 25.0 Å². The van der Waals surface area contributed by atoms with Crippen LogP contribution in [-0.4, -0.2) is 49.5 Å². The predicted molar refractivity (Wildman–Crippen MR) is 87.6 cm³/mol. The topological polar surface area (TPSA) is 84.9 Å². The highest BCUT2D eigenvalue weighted by Crippen LogP contribution is 2.18. The van der Waals surface area contributed by atoms with Gasteiger partial charge in [-0.3, -0.25) is 9.59 Å². The lowest BCUT2D eigenvalue weighted by Gasteiger charge is -2.19. The zero-order chi connectivity index (χ0) is 17.4. The third-order valence-corrected chi connectivity index (χ3v) is 3.71. The van der Waals surface area contributed by atoms with Crippen molar-refractivity contribution in [2.45, 2.75) is 25.7 Å². The Morgan fingerprint density at radius 3 is 2.88 bits per heavy atom. The van der Waals surface area contributed by atoms with E-state index in [2.05, 4.69) is 10.1 Å². The molecule has 1 N–H and O–H groups in total. The number of likely N-dealkylation sites (tertiary alicyclic amines) is 1. The second kappa shape index (κ2) is 8.90. The van der Waals surface area contributed by atoms with Crippen LogP contribution >= 0.6 is 0 Å². The van der Waals surface area contributed by atoms with Crippen LogP contribution in [-0.2, 0) is 19.1 Å². The quantitative estimate of drug-likeness (QED) is 0.799. The fourth-order valence-corrected chi connectivity index (χ4v) is 2.44. The van der Waals surface area contributed by atoms with E-state index in [1.165, 1.54) is 7.11 Å². The molecule has 24 heavy (non-hydrogen) atoms. The van der Waals surface area contributed by atoms with Gasteiger partial charge in [-0.15, -0.1) is 0 Å². The smallest absolute Gasteiger partial charge is 0.343 e. The van der Waals surface area contributed by atoms with Crippen molar-refractivity contribution in [1.82, 2.24) is 4.90 Å². The van der Waals surface area contributed by atoms with Gasteiger partial charge in [0.05, 0.1) is 13.7 Å².